The molecular formula is C10H14O3S. The Morgan fingerprint density at radius 2 is 1.79 bits per heavy atom. The zero-order chi connectivity index (χ0) is 10.6. The Labute approximate surface area is 84.5 Å². The normalized spacial score (nSPS) is 11.6. The van der Waals surface area contributed by atoms with Crippen molar-refractivity contribution in [2.45, 2.75) is 19.8 Å². The highest BCUT2D eigenvalue weighted by Gasteiger charge is 2.06. The van der Waals surface area contributed by atoms with Gasteiger partial charge in [-0.25, -0.2) is 0 Å². The summed E-state index contributed by atoms with van der Waals surface area (Å²) >= 11 is 0. The topological polar surface area (TPSA) is 54.4 Å². The van der Waals surface area contributed by atoms with Gasteiger partial charge in [0, 0.05) is 0 Å². The first kappa shape index (κ1) is 11.2. The predicted molar refractivity (Wildman–Crippen MR) is 55.9 cm³/mol. The van der Waals surface area contributed by atoms with Gasteiger partial charge in [0.05, 0.1) is 5.75 Å². The first-order valence-corrected chi connectivity index (χ1v) is 6.16. The summed E-state index contributed by atoms with van der Waals surface area (Å²) in [6.07, 6.45) is 1.25. The number of hydrogen-bond acceptors (Lipinski definition) is 2. The largest absolute Gasteiger partial charge is 0.286 e. The average Bonchev–Trinajstić information content (AvgIpc) is 2.14. The summed E-state index contributed by atoms with van der Waals surface area (Å²) in [5.41, 5.74) is 2.13. The number of aryl methyl sites for hydroxylation is 2. The Balaban J connectivity index is 2.76. The maximum absolute atomic E-state index is 10.6. The first-order valence-electron chi connectivity index (χ1n) is 4.55. The van der Waals surface area contributed by atoms with Gasteiger partial charge in [-0.3, -0.25) is 4.55 Å². The lowest BCUT2D eigenvalue weighted by atomic mass is 10.0. The van der Waals surface area contributed by atoms with E-state index in [9.17, 15) is 8.42 Å². The highest BCUT2D eigenvalue weighted by molar-refractivity contribution is 7.85. The van der Waals surface area contributed by atoms with Crippen LogP contribution in [0.25, 0.3) is 0 Å². The van der Waals surface area contributed by atoms with Crippen LogP contribution in [0.4, 0.5) is 0 Å². The summed E-state index contributed by atoms with van der Waals surface area (Å²) in [6, 6.07) is 7.66. The molecule has 0 heterocycles. The van der Waals surface area contributed by atoms with Crippen LogP contribution in [0, 0.1) is 0 Å². The molecule has 0 amide bonds. The lowest BCUT2D eigenvalue weighted by molar-refractivity contribution is 0.482. The van der Waals surface area contributed by atoms with Crippen molar-refractivity contribution in [2.75, 3.05) is 5.75 Å². The quantitative estimate of drug-likeness (QED) is 0.776. The molecule has 0 radical (unpaired) electrons. The van der Waals surface area contributed by atoms with E-state index in [1.807, 2.05) is 31.2 Å². The molecule has 0 aliphatic heterocycles. The lowest BCUT2D eigenvalue weighted by Gasteiger charge is -2.05. The summed E-state index contributed by atoms with van der Waals surface area (Å²) in [7, 11) is -3.85. The minimum absolute atomic E-state index is 0.204. The van der Waals surface area contributed by atoms with Crippen LogP contribution >= 0.6 is 0 Å². The molecule has 78 valence electrons. The maximum Gasteiger partial charge on any atom is 0.265 e. The van der Waals surface area contributed by atoms with E-state index in [0.717, 1.165) is 17.5 Å². The smallest absolute Gasteiger partial charge is 0.265 e. The van der Waals surface area contributed by atoms with Gasteiger partial charge in [0.25, 0.3) is 10.1 Å². The fourth-order valence-electron chi connectivity index (χ4n) is 1.39. The van der Waals surface area contributed by atoms with E-state index >= 15 is 0 Å². The summed E-state index contributed by atoms with van der Waals surface area (Å²) < 4.78 is 29.7. The van der Waals surface area contributed by atoms with Crippen molar-refractivity contribution in [3.8, 4) is 0 Å². The minimum Gasteiger partial charge on any atom is -0.286 e. The van der Waals surface area contributed by atoms with Gasteiger partial charge in [-0.15, -0.1) is 0 Å². The van der Waals surface area contributed by atoms with Gasteiger partial charge in [0.2, 0.25) is 0 Å². The standard InChI is InChI=1S/C10H14O3S/c1-2-9-5-3-4-6-10(9)7-8-14(11,12)13/h3-6H,2,7-8H2,1H3,(H,11,12,13). The van der Waals surface area contributed by atoms with Gasteiger partial charge in [0.15, 0.2) is 0 Å². The van der Waals surface area contributed by atoms with Crippen LogP contribution in [0.1, 0.15) is 18.1 Å². The fraction of sp³-hybridized carbons (Fsp3) is 0.400. The third-order valence-corrected chi connectivity index (χ3v) is 2.85. The molecule has 0 aliphatic carbocycles. The van der Waals surface area contributed by atoms with Crippen molar-refractivity contribution in [2.24, 2.45) is 0 Å². The average molecular weight is 214 g/mol. The molecule has 0 atom stereocenters. The third-order valence-electron chi connectivity index (χ3n) is 2.13. The van der Waals surface area contributed by atoms with Crippen LogP contribution in [0.5, 0.6) is 0 Å². The molecule has 0 aromatic heterocycles. The van der Waals surface area contributed by atoms with Crippen LogP contribution in [-0.2, 0) is 23.0 Å². The summed E-state index contributed by atoms with van der Waals surface area (Å²) in [4.78, 5) is 0. The molecule has 0 saturated heterocycles. The Morgan fingerprint density at radius 1 is 1.21 bits per heavy atom. The summed E-state index contributed by atoms with van der Waals surface area (Å²) in [5.74, 6) is -0.204. The van der Waals surface area contributed by atoms with Crippen molar-refractivity contribution < 1.29 is 13.0 Å². The van der Waals surface area contributed by atoms with Crippen LogP contribution in [-0.4, -0.2) is 18.7 Å². The zero-order valence-electron chi connectivity index (χ0n) is 8.10. The second-order valence-electron chi connectivity index (χ2n) is 3.16. The zero-order valence-corrected chi connectivity index (χ0v) is 8.92. The second-order valence-corrected chi connectivity index (χ2v) is 4.73. The molecule has 0 unspecified atom stereocenters. The summed E-state index contributed by atoms with van der Waals surface area (Å²) in [5, 5.41) is 0. The van der Waals surface area contributed by atoms with Crippen molar-refractivity contribution in [3.63, 3.8) is 0 Å². The number of hydrogen-bond donors (Lipinski definition) is 1. The van der Waals surface area contributed by atoms with E-state index in [2.05, 4.69) is 0 Å². The van der Waals surface area contributed by atoms with Crippen LogP contribution in [0.3, 0.4) is 0 Å². The van der Waals surface area contributed by atoms with Crippen LogP contribution in [0.15, 0.2) is 24.3 Å². The fourth-order valence-corrected chi connectivity index (χ4v) is 1.86. The van der Waals surface area contributed by atoms with Crippen molar-refractivity contribution >= 4 is 10.1 Å². The SMILES string of the molecule is CCc1ccccc1CCS(=O)(=O)O. The van der Waals surface area contributed by atoms with Crippen molar-refractivity contribution in [1.29, 1.82) is 0 Å². The van der Waals surface area contributed by atoms with Gasteiger partial charge in [-0.05, 0) is 24.0 Å². The second kappa shape index (κ2) is 4.57. The molecule has 1 aromatic rings. The van der Waals surface area contributed by atoms with Gasteiger partial charge >= 0.3 is 0 Å². The molecule has 3 nitrogen and oxygen atoms in total. The molecule has 0 aliphatic rings. The highest BCUT2D eigenvalue weighted by atomic mass is 32.2. The van der Waals surface area contributed by atoms with Gasteiger partial charge in [-0.2, -0.15) is 8.42 Å². The monoisotopic (exact) mass is 214 g/mol. The molecule has 0 saturated carbocycles. The predicted octanol–water partition coefficient (Wildman–Crippen LogP) is 1.68. The van der Waals surface area contributed by atoms with Gasteiger partial charge in [0.1, 0.15) is 0 Å². The van der Waals surface area contributed by atoms with Crippen LogP contribution in [0.2, 0.25) is 0 Å². The van der Waals surface area contributed by atoms with Crippen molar-refractivity contribution in [1.82, 2.24) is 0 Å². The van der Waals surface area contributed by atoms with Gasteiger partial charge < -0.3 is 0 Å². The molecular weight excluding hydrogens is 200 g/mol. The minimum atomic E-state index is -3.85. The van der Waals surface area contributed by atoms with E-state index in [-0.39, 0.29) is 5.75 Å². The Bertz CT molecular complexity index is 396. The number of rotatable bonds is 4. The molecule has 4 heteroatoms. The Morgan fingerprint density at radius 3 is 2.29 bits per heavy atom. The lowest BCUT2D eigenvalue weighted by Crippen LogP contribution is -2.07. The van der Waals surface area contributed by atoms with E-state index in [1.165, 1.54) is 0 Å². The molecule has 1 aromatic carbocycles. The third kappa shape index (κ3) is 3.47. The van der Waals surface area contributed by atoms with E-state index < -0.39 is 10.1 Å². The van der Waals surface area contributed by atoms with Crippen LogP contribution < -0.4 is 0 Å². The molecule has 0 bridgehead atoms. The highest BCUT2D eigenvalue weighted by Crippen LogP contribution is 2.10. The molecule has 0 fully saturated rings. The molecule has 1 N–H and O–H groups in total. The number of benzene rings is 1. The Hall–Kier alpha value is -0.870. The Kier molecular flexibility index (Phi) is 3.66. The van der Waals surface area contributed by atoms with Crippen molar-refractivity contribution in [3.05, 3.63) is 35.4 Å². The van der Waals surface area contributed by atoms with E-state index in [1.54, 1.807) is 0 Å². The van der Waals surface area contributed by atoms with Gasteiger partial charge in [-0.1, -0.05) is 31.2 Å². The maximum atomic E-state index is 10.6. The van der Waals surface area contributed by atoms with E-state index in [0.29, 0.717) is 6.42 Å². The first-order chi connectivity index (χ1) is 6.53. The molecule has 0 spiro atoms. The summed E-state index contributed by atoms with van der Waals surface area (Å²) in [6.45, 7) is 2.02. The molecule has 1 rings (SSSR count). The molecule has 14 heavy (non-hydrogen) atoms. The van der Waals surface area contributed by atoms with E-state index in [4.69, 9.17) is 4.55 Å².